The van der Waals surface area contributed by atoms with E-state index in [1.165, 1.54) is 11.3 Å². The van der Waals surface area contributed by atoms with Gasteiger partial charge in [0, 0.05) is 16.3 Å². The molecule has 0 radical (unpaired) electrons. The molecule has 29 heavy (non-hydrogen) atoms. The van der Waals surface area contributed by atoms with Gasteiger partial charge in [0.05, 0.1) is 19.4 Å². The number of benzene rings is 2. The van der Waals surface area contributed by atoms with Gasteiger partial charge in [-0.1, -0.05) is 19.1 Å². The lowest BCUT2D eigenvalue weighted by molar-refractivity contribution is 0.0998. The van der Waals surface area contributed by atoms with E-state index in [-0.39, 0.29) is 11.7 Å². The third-order valence-corrected chi connectivity index (χ3v) is 5.06. The van der Waals surface area contributed by atoms with Crippen LogP contribution in [0.5, 0.6) is 11.5 Å². The molecule has 0 unspecified atom stereocenters. The SMILES string of the molecule is CCCOc1ccc(-c2csc(NC(=O)c3cc4cccc(OC)c4o3)n2)cc1. The van der Waals surface area contributed by atoms with Crippen molar-refractivity contribution in [2.45, 2.75) is 13.3 Å². The van der Waals surface area contributed by atoms with E-state index in [2.05, 4.69) is 17.2 Å². The van der Waals surface area contributed by atoms with Crippen LogP contribution in [-0.4, -0.2) is 24.6 Å². The van der Waals surface area contributed by atoms with Crippen LogP contribution in [0.15, 0.2) is 58.3 Å². The number of aromatic nitrogens is 1. The number of thiazole rings is 1. The number of rotatable bonds is 7. The molecule has 0 saturated heterocycles. The summed E-state index contributed by atoms with van der Waals surface area (Å²) in [5, 5.41) is 6.01. The van der Waals surface area contributed by atoms with Crippen molar-refractivity contribution in [1.82, 2.24) is 4.98 Å². The third-order valence-electron chi connectivity index (χ3n) is 4.30. The quantitative estimate of drug-likeness (QED) is 0.430. The topological polar surface area (TPSA) is 73.6 Å². The number of fused-ring (bicyclic) bond motifs is 1. The van der Waals surface area contributed by atoms with Gasteiger partial charge in [-0.15, -0.1) is 11.3 Å². The molecule has 0 bridgehead atoms. The largest absolute Gasteiger partial charge is 0.494 e. The summed E-state index contributed by atoms with van der Waals surface area (Å²) in [6.07, 6.45) is 0.967. The van der Waals surface area contributed by atoms with Gasteiger partial charge in [-0.25, -0.2) is 4.98 Å². The van der Waals surface area contributed by atoms with Crippen LogP contribution in [0.1, 0.15) is 23.9 Å². The highest BCUT2D eigenvalue weighted by Gasteiger charge is 2.16. The summed E-state index contributed by atoms with van der Waals surface area (Å²) in [4.78, 5) is 17.1. The van der Waals surface area contributed by atoms with Crippen molar-refractivity contribution < 1.29 is 18.7 Å². The van der Waals surface area contributed by atoms with Crippen molar-refractivity contribution in [2.75, 3.05) is 19.0 Å². The molecule has 0 saturated carbocycles. The number of nitrogens with one attached hydrogen (secondary N) is 1. The summed E-state index contributed by atoms with van der Waals surface area (Å²) < 4.78 is 16.6. The van der Waals surface area contributed by atoms with Gasteiger partial charge in [0.25, 0.3) is 5.91 Å². The normalized spacial score (nSPS) is 10.8. The van der Waals surface area contributed by atoms with Gasteiger partial charge in [-0.2, -0.15) is 0 Å². The molecule has 4 rings (SSSR count). The van der Waals surface area contributed by atoms with E-state index in [0.717, 1.165) is 28.8 Å². The second-order valence-electron chi connectivity index (χ2n) is 6.35. The fourth-order valence-corrected chi connectivity index (χ4v) is 3.59. The molecule has 148 valence electrons. The molecule has 6 nitrogen and oxygen atoms in total. The van der Waals surface area contributed by atoms with Crippen molar-refractivity contribution in [1.29, 1.82) is 0 Å². The van der Waals surface area contributed by atoms with E-state index in [0.29, 0.717) is 23.1 Å². The minimum absolute atomic E-state index is 0.207. The summed E-state index contributed by atoms with van der Waals surface area (Å²) >= 11 is 1.36. The summed E-state index contributed by atoms with van der Waals surface area (Å²) in [6.45, 7) is 2.77. The molecule has 0 spiro atoms. The van der Waals surface area contributed by atoms with Gasteiger partial charge in [0.1, 0.15) is 5.75 Å². The number of anilines is 1. The van der Waals surface area contributed by atoms with Crippen molar-refractivity contribution in [3.8, 4) is 22.8 Å². The lowest BCUT2D eigenvalue weighted by Crippen LogP contribution is -2.10. The van der Waals surface area contributed by atoms with Gasteiger partial charge in [0.2, 0.25) is 0 Å². The first-order valence-corrected chi connectivity index (χ1v) is 10.1. The Morgan fingerprint density at radius 3 is 2.79 bits per heavy atom. The fraction of sp³-hybridized carbons (Fsp3) is 0.182. The Balaban J connectivity index is 1.48. The van der Waals surface area contributed by atoms with Crippen LogP contribution < -0.4 is 14.8 Å². The fourth-order valence-electron chi connectivity index (χ4n) is 2.87. The average Bonchev–Trinajstić information content (AvgIpc) is 3.39. The van der Waals surface area contributed by atoms with E-state index in [4.69, 9.17) is 13.9 Å². The molecular weight excluding hydrogens is 388 g/mol. The first-order chi connectivity index (χ1) is 14.2. The summed E-state index contributed by atoms with van der Waals surface area (Å²) in [5.41, 5.74) is 2.29. The minimum atomic E-state index is -0.354. The molecular formula is C22H20N2O4S. The number of para-hydroxylation sites is 1. The van der Waals surface area contributed by atoms with Gasteiger partial charge in [-0.3, -0.25) is 10.1 Å². The van der Waals surface area contributed by atoms with Crippen LogP contribution >= 0.6 is 11.3 Å². The van der Waals surface area contributed by atoms with Crippen molar-refractivity contribution >= 4 is 33.3 Å². The van der Waals surface area contributed by atoms with Crippen LogP contribution in [0.3, 0.4) is 0 Å². The van der Waals surface area contributed by atoms with E-state index in [1.807, 2.05) is 41.8 Å². The average molecular weight is 408 g/mol. The molecule has 2 aromatic heterocycles. The summed E-state index contributed by atoms with van der Waals surface area (Å²) in [5.74, 6) is 1.27. The Kier molecular flexibility index (Phi) is 5.48. The predicted octanol–water partition coefficient (Wildman–Crippen LogP) is 5.61. The number of hydrogen-bond acceptors (Lipinski definition) is 6. The number of furan rings is 1. The van der Waals surface area contributed by atoms with Gasteiger partial charge in [-0.05, 0) is 42.8 Å². The van der Waals surface area contributed by atoms with E-state index >= 15 is 0 Å². The molecule has 2 heterocycles. The Bertz CT molecular complexity index is 1130. The maximum atomic E-state index is 12.6. The molecule has 1 N–H and O–H groups in total. The van der Waals surface area contributed by atoms with Crippen LogP contribution in [0.2, 0.25) is 0 Å². The number of nitrogens with zero attached hydrogens (tertiary/aromatic N) is 1. The zero-order chi connectivity index (χ0) is 20.2. The first kappa shape index (κ1) is 19.0. The van der Waals surface area contributed by atoms with E-state index < -0.39 is 0 Å². The van der Waals surface area contributed by atoms with Crippen molar-refractivity contribution in [3.63, 3.8) is 0 Å². The molecule has 7 heteroatoms. The molecule has 4 aromatic rings. The second kappa shape index (κ2) is 8.36. The number of carbonyl (C=O) groups excluding carboxylic acids is 1. The lowest BCUT2D eigenvalue weighted by atomic mass is 10.2. The molecule has 0 aliphatic rings. The highest BCUT2D eigenvalue weighted by molar-refractivity contribution is 7.14. The Labute approximate surface area is 172 Å². The van der Waals surface area contributed by atoms with Crippen molar-refractivity contribution in [3.05, 3.63) is 59.7 Å². The van der Waals surface area contributed by atoms with Crippen LogP contribution in [0, 0.1) is 0 Å². The van der Waals surface area contributed by atoms with Gasteiger partial charge >= 0.3 is 0 Å². The molecule has 0 aliphatic carbocycles. The summed E-state index contributed by atoms with van der Waals surface area (Å²) in [7, 11) is 1.57. The molecule has 0 aliphatic heterocycles. The molecule has 1 amide bonds. The monoisotopic (exact) mass is 408 g/mol. The standard InChI is InChI=1S/C22H20N2O4S/c1-3-11-27-16-9-7-14(8-10-16)17-13-29-22(23-17)24-21(25)19-12-15-5-4-6-18(26-2)20(15)28-19/h4-10,12-13H,3,11H2,1-2H3,(H,23,24,25). The zero-order valence-electron chi connectivity index (χ0n) is 16.1. The maximum absolute atomic E-state index is 12.6. The minimum Gasteiger partial charge on any atom is -0.494 e. The Morgan fingerprint density at radius 2 is 2.03 bits per heavy atom. The second-order valence-corrected chi connectivity index (χ2v) is 7.21. The molecule has 2 aromatic carbocycles. The van der Waals surface area contributed by atoms with Gasteiger partial charge in [0.15, 0.2) is 22.2 Å². The Hall–Kier alpha value is -3.32. The Morgan fingerprint density at radius 1 is 1.21 bits per heavy atom. The van der Waals surface area contributed by atoms with Gasteiger partial charge < -0.3 is 13.9 Å². The van der Waals surface area contributed by atoms with Crippen LogP contribution in [0.4, 0.5) is 5.13 Å². The number of hydrogen-bond donors (Lipinski definition) is 1. The summed E-state index contributed by atoms with van der Waals surface area (Å²) in [6, 6.07) is 15.0. The maximum Gasteiger partial charge on any atom is 0.293 e. The third kappa shape index (κ3) is 4.09. The lowest BCUT2D eigenvalue weighted by Gasteiger charge is -2.04. The van der Waals surface area contributed by atoms with E-state index in [9.17, 15) is 4.79 Å². The number of amides is 1. The zero-order valence-corrected chi connectivity index (χ0v) is 16.9. The highest BCUT2D eigenvalue weighted by atomic mass is 32.1. The highest BCUT2D eigenvalue weighted by Crippen LogP contribution is 2.30. The molecule has 0 fully saturated rings. The van der Waals surface area contributed by atoms with Crippen LogP contribution in [0.25, 0.3) is 22.2 Å². The van der Waals surface area contributed by atoms with Crippen molar-refractivity contribution in [2.24, 2.45) is 0 Å². The first-order valence-electron chi connectivity index (χ1n) is 9.24. The predicted molar refractivity (Wildman–Crippen MR) is 114 cm³/mol. The molecule has 0 atom stereocenters. The smallest absolute Gasteiger partial charge is 0.293 e. The number of methoxy groups -OCH3 is 1. The van der Waals surface area contributed by atoms with Crippen LogP contribution in [-0.2, 0) is 0 Å². The number of carbonyl (C=O) groups is 1. The van der Waals surface area contributed by atoms with E-state index in [1.54, 1.807) is 19.2 Å². The number of ether oxygens (including phenoxy) is 2.